The van der Waals surface area contributed by atoms with Crippen molar-refractivity contribution < 1.29 is 9.63 Å². The van der Waals surface area contributed by atoms with E-state index in [1.54, 1.807) is 5.06 Å². The van der Waals surface area contributed by atoms with Gasteiger partial charge in [-0.15, -0.1) is 0 Å². The number of rotatable bonds is 1. The molecule has 2 aliphatic rings. The third-order valence-corrected chi connectivity index (χ3v) is 3.17. The van der Waals surface area contributed by atoms with E-state index in [-0.39, 0.29) is 5.91 Å². The highest BCUT2D eigenvalue weighted by Gasteiger charge is 2.21. The maximum absolute atomic E-state index is 11.4. The number of hydroxylamine groups is 1. The number of nitrogen functional groups attached to an aromatic ring is 1. The molecule has 0 bridgehead atoms. The standard InChI is InChI=1S/C12H15N3O2/c13-9-6-8-2-3-12(16)14-10(8)7-11(9)15-4-1-5-17-15/h6-7H,1-5,13H2,(H,14,16). The Bertz CT molecular complexity index is 467. The van der Waals surface area contributed by atoms with Crippen LogP contribution in [0.1, 0.15) is 18.4 Å². The zero-order valence-electron chi connectivity index (χ0n) is 9.53. The van der Waals surface area contributed by atoms with Gasteiger partial charge < -0.3 is 11.1 Å². The van der Waals surface area contributed by atoms with Crippen LogP contribution in [0.15, 0.2) is 12.1 Å². The predicted octanol–water partition coefficient (Wildman–Crippen LogP) is 1.30. The van der Waals surface area contributed by atoms with Crippen LogP contribution < -0.4 is 16.1 Å². The highest BCUT2D eigenvalue weighted by molar-refractivity contribution is 5.95. The first kappa shape index (κ1) is 10.4. The van der Waals surface area contributed by atoms with E-state index in [1.807, 2.05) is 12.1 Å². The van der Waals surface area contributed by atoms with E-state index in [9.17, 15) is 4.79 Å². The van der Waals surface area contributed by atoms with Gasteiger partial charge in [-0.25, -0.2) is 0 Å². The number of nitrogens with two attached hydrogens (primary N) is 1. The molecule has 17 heavy (non-hydrogen) atoms. The third-order valence-electron chi connectivity index (χ3n) is 3.17. The second-order valence-electron chi connectivity index (χ2n) is 4.41. The van der Waals surface area contributed by atoms with Crippen molar-refractivity contribution in [2.75, 3.05) is 29.3 Å². The van der Waals surface area contributed by atoms with E-state index < -0.39 is 0 Å². The first-order chi connectivity index (χ1) is 8.24. The number of hydrogen-bond acceptors (Lipinski definition) is 4. The number of carbonyl (C=O) groups excluding carboxylic acids is 1. The summed E-state index contributed by atoms with van der Waals surface area (Å²) in [5, 5.41) is 4.68. The molecular formula is C12H15N3O2. The summed E-state index contributed by atoms with van der Waals surface area (Å²) in [5.74, 6) is 0.0653. The van der Waals surface area contributed by atoms with Gasteiger partial charge in [-0.3, -0.25) is 14.7 Å². The second kappa shape index (κ2) is 3.92. The molecule has 0 aliphatic carbocycles. The number of nitrogens with one attached hydrogen (secondary N) is 1. The molecule has 0 aromatic heterocycles. The molecule has 1 saturated heterocycles. The number of aryl methyl sites for hydroxylation is 1. The van der Waals surface area contributed by atoms with Crippen LogP contribution >= 0.6 is 0 Å². The Morgan fingerprint density at radius 2 is 2.24 bits per heavy atom. The molecule has 1 fully saturated rings. The van der Waals surface area contributed by atoms with Gasteiger partial charge in [0, 0.05) is 18.7 Å². The zero-order valence-corrected chi connectivity index (χ0v) is 9.53. The molecule has 1 aromatic carbocycles. The van der Waals surface area contributed by atoms with Gasteiger partial charge in [0.15, 0.2) is 0 Å². The van der Waals surface area contributed by atoms with Gasteiger partial charge in [0.2, 0.25) is 5.91 Å². The van der Waals surface area contributed by atoms with Crippen LogP contribution in [-0.4, -0.2) is 19.1 Å². The van der Waals surface area contributed by atoms with Crippen LogP contribution in [0.5, 0.6) is 0 Å². The fourth-order valence-electron chi connectivity index (χ4n) is 2.29. The van der Waals surface area contributed by atoms with Crippen molar-refractivity contribution >= 4 is 23.0 Å². The van der Waals surface area contributed by atoms with Crippen molar-refractivity contribution in [2.45, 2.75) is 19.3 Å². The molecule has 5 nitrogen and oxygen atoms in total. The minimum Gasteiger partial charge on any atom is -0.397 e. The Morgan fingerprint density at radius 1 is 1.35 bits per heavy atom. The Hall–Kier alpha value is -1.75. The van der Waals surface area contributed by atoms with Gasteiger partial charge in [-0.1, -0.05) is 0 Å². The molecule has 0 spiro atoms. The van der Waals surface area contributed by atoms with Gasteiger partial charge in [0.1, 0.15) is 0 Å². The number of amides is 1. The van der Waals surface area contributed by atoms with Crippen molar-refractivity contribution in [1.82, 2.24) is 0 Å². The maximum Gasteiger partial charge on any atom is 0.224 e. The summed E-state index contributed by atoms with van der Waals surface area (Å²) in [4.78, 5) is 16.8. The third kappa shape index (κ3) is 1.82. The number of anilines is 3. The van der Waals surface area contributed by atoms with Crippen LogP contribution in [0.25, 0.3) is 0 Å². The second-order valence-corrected chi connectivity index (χ2v) is 4.41. The summed E-state index contributed by atoms with van der Waals surface area (Å²) < 4.78 is 0. The molecule has 2 aliphatic heterocycles. The number of hydrogen-bond donors (Lipinski definition) is 2. The largest absolute Gasteiger partial charge is 0.397 e. The topological polar surface area (TPSA) is 67.6 Å². The van der Waals surface area contributed by atoms with Crippen molar-refractivity contribution in [1.29, 1.82) is 0 Å². The summed E-state index contributed by atoms with van der Waals surface area (Å²) in [7, 11) is 0. The number of carbonyl (C=O) groups is 1. The lowest BCUT2D eigenvalue weighted by Gasteiger charge is -2.23. The molecule has 0 saturated carbocycles. The molecule has 90 valence electrons. The summed E-state index contributed by atoms with van der Waals surface area (Å²) in [6.07, 6.45) is 2.29. The van der Waals surface area contributed by atoms with Gasteiger partial charge in [0.25, 0.3) is 0 Å². The maximum atomic E-state index is 11.4. The van der Waals surface area contributed by atoms with E-state index in [0.29, 0.717) is 12.1 Å². The average molecular weight is 233 g/mol. The van der Waals surface area contributed by atoms with Gasteiger partial charge in [0.05, 0.1) is 18.0 Å². The number of fused-ring (bicyclic) bond motifs is 1. The van der Waals surface area contributed by atoms with Gasteiger partial charge >= 0.3 is 0 Å². The summed E-state index contributed by atoms with van der Waals surface area (Å²) >= 11 is 0. The summed E-state index contributed by atoms with van der Waals surface area (Å²) in [6, 6.07) is 3.85. The van der Waals surface area contributed by atoms with Crippen molar-refractivity contribution in [3.05, 3.63) is 17.7 Å². The van der Waals surface area contributed by atoms with Gasteiger partial charge in [-0.2, -0.15) is 0 Å². The first-order valence-corrected chi connectivity index (χ1v) is 5.87. The van der Waals surface area contributed by atoms with E-state index >= 15 is 0 Å². The smallest absolute Gasteiger partial charge is 0.224 e. The molecule has 3 rings (SSSR count). The Morgan fingerprint density at radius 3 is 3.00 bits per heavy atom. The fourth-order valence-corrected chi connectivity index (χ4v) is 2.29. The van der Waals surface area contributed by atoms with E-state index in [2.05, 4.69) is 5.32 Å². The van der Waals surface area contributed by atoms with Gasteiger partial charge in [-0.05, 0) is 30.5 Å². The summed E-state index contributed by atoms with van der Waals surface area (Å²) in [5.41, 5.74) is 9.55. The molecule has 0 radical (unpaired) electrons. The lowest BCUT2D eigenvalue weighted by atomic mass is 10.0. The SMILES string of the molecule is Nc1cc2c(cc1N1CCCO1)NC(=O)CC2. The van der Waals surface area contributed by atoms with Crippen molar-refractivity contribution in [3.63, 3.8) is 0 Å². The van der Waals surface area contributed by atoms with E-state index in [0.717, 1.165) is 42.9 Å². The molecule has 2 heterocycles. The monoisotopic (exact) mass is 233 g/mol. The molecule has 0 atom stereocenters. The minimum atomic E-state index is 0.0653. The Labute approximate surface area is 99.5 Å². The molecule has 0 unspecified atom stereocenters. The number of benzene rings is 1. The average Bonchev–Trinajstić information content (AvgIpc) is 2.82. The Balaban J connectivity index is 1.99. The van der Waals surface area contributed by atoms with Crippen LogP contribution in [0.4, 0.5) is 17.1 Å². The van der Waals surface area contributed by atoms with Crippen molar-refractivity contribution in [3.8, 4) is 0 Å². The number of nitrogens with zero attached hydrogens (tertiary/aromatic N) is 1. The lowest BCUT2D eigenvalue weighted by molar-refractivity contribution is -0.116. The first-order valence-electron chi connectivity index (χ1n) is 5.87. The minimum absolute atomic E-state index is 0.0653. The van der Waals surface area contributed by atoms with Crippen LogP contribution in [0, 0.1) is 0 Å². The molecule has 5 heteroatoms. The van der Waals surface area contributed by atoms with Crippen LogP contribution in [0.2, 0.25) is 0 Å². The fraction of sp³-hybridized carbons (Fsp3) is 0.417. The highest BCUT2D eigenvalue weighted by atomic mass is 16.7. The van der Waals surface area contributed by atoms with Crippen molar-refractivity contribution in [2.24, 2.45) is 0 Å². The quantitative estimate of drug-likeness (QED) is 0.717. The molecule has 1 aromatic rings. The van der Waals surface area contributed by atoms with Crippen LogP contribution in [0.3, 0.4) is 0 Å². The molecule has 3 N–H and O–H groups in total. The zero-order chi connectivity index (χ0) is 11.8. The van der Waals surface area contributed by atoms with E-state index in [4.69, 9.17) is 10.6 Å². The summed E-state index contributed by atoms with van der Waals surface area (Å²) in [6.45, 7) is 1.57. The highest BCUT2D eigenvalue weighted by Crippen LogP contribution is 2.34. The van der Waals surface area contributed by atoms with E-state index in [1.165, 1.54) is 0 Å². The Kier molecular flexibility index (Phi) is 2.40. The predicted molar refractivity (Wildman–Crippen MR) is 65.7 cm³/mol. The lowest BCUT2D eigenvalue weighted by Crippen LogP contribution is -2.22. The molecular weight excluding hydrogens is 218 g/mol. The van der Waals surface area contributed by atoms with Crippen LogP contribution in [-0.2, 0) is 16.1 Å². The molecule has 1 amide bonds. The normalized spacial score (nSPS) is 19.1.